The molecule has 0 aromatic heterocycles. The molecule has 1 unspecified atom stereocenters. The number of hydrogen-bond donors (Lipinski definition) is 1. The van der Waals surface area contributed by atoms with Crippen LogP contribution < -0.4 is 9.47 Å². The Hall–Kier alpha value is -1.26. The molecule has 1 atom stereocenters. The Morgan fingerprint density at radius 2 is 2.31 bits per heavy atom. The topological polar surface area (TPSA) is 47.9 Å². The third-order valence-electron chi connectivity index (χ3n) is 2.50. The molecule has 0 saturated heterocycles. The predicted molar refractivity (Wildman–Crippen MR) is 58.9 cm³/mol. The summed E-state index contributed by atoms with van der Waals surface area (Å²) in [5, 5.41) is 9.54. The van der Waals surface area contributed by atoms with Crippen molar-refractivity contribution in [2.75, 3.05) is 26.9 Å². The van der Waals surface area contributed by atoms with Gasteiger partial charge in [0.2, 0.25) is 0 Å². The monoisotopic (exact) mass is 224 g/mol. The SMILES string of the molecule is COCCCOc1ccc2c(c1)OCC2O. The Kier molecular flexibility index (Phi) is 3.64. The maximum absolute atomic E-state index is 9.54. The number of aliphatic hydroxyl groups is 1. The molecule has 0 amide bonds. The second-order valence-corrected chi connectivity index (χ2v) is 3.72. The first-order chi connectivity index (χ1) is 7.81. The van der Waals surface area contributed by atoms with E-state index >= 15 is 0 Å². The van der Waals surface area contributed by atoms with Gasteiger partial charge in [-0.1, -0.05) is 0 Å². The van der Waals surface area contributed by atoms with Crippen molar-refractivity contribution in [3.63, 3.8) is 0 Å². The summed E-state index contributed by atoms with van der Waals surface area (Å²) in [5.74, 6) is 1.49. The Morgan fingerprint density at radius 3 is 3.12 bits per heavy atom. The fourth-order valence-corrected chi connectivity index (χ4v) is 1.66. The fraction of sp³-hybridized carbons (Fsp3) is 0.500. The van der Waals surface area contributed by atoms with Crippen molar-refractivity contribution >= 4 is 0 Å². The lowest BCUT2D eigenvalue weighted by Crippen LogP contribution is -2.01. The molecule has 0 spiro atoms. The quantitative estimate of drug-likeness (QED) is 0.770. The Labute approximate surface area is 94.8 Å². The van der Waals surface area contributed by atoms with Crippen LogP contribution in [0.4, 0.5) is 0 Å². The molecule has 4 nitrogen and oxygen atoms in total. The van der Waals surface area contributed by atoms with Gasteiger partial charge in [-0.3, -0.25) is 0 Å². The summed E-state index contributed by atoms with van der Waals surface area (Å²) in [6.07, 6.45) is 0.356. The first kappa shape index (κ1) is 11.2. The van der Waals surface area contributed by atoms with E-state index in [9.17, 15) is 5.11 Å². The van der Waals surface area contributed by atoms with Crippen LogP contribution in [0.1, 0.15) is 18.1 Å². The first-order valence-electron chi connectivity index (χ1n) is 5.38. The van der Waals surface area contributed by atoms with Gasteiger partial charge >= 0.3 is 0 Å². The van der Waals surface area contributed by atoms with Crippen LogP contribution in [0, 0.1) is 0 Å². The highest BCUT2D eigenvalue weighted by molar-refractivity contribution is 5.44. The standard InChI is InChI=1S/C12H16O4/c1-14-5-2-6-15-9-3-4-10-11(13)8-16-12(10)7-9/h3-4,7,11,13H,2,5-6,8H2,1H3. The molecule has 1 aromatic rings. The van der Waals surface area contributed by atoms with Gasteiger partial charge in [0.25, 0.3) is 0 Å². The minimum atomic E-state index is -0.502. The summed E-state index contributed by atoms with van der Waals surface area (Å²) in [5.41, 5.74) is 0.837. The van der Waals surface area contributed by atoms with Crippen LogP contribution in [0.2, 0.25) is 0 Å². The van der Waals surface area contributed by atoms with Gasteiger partial charge in [0, 0.05) is 31.8 Å². The van der Waals surface area contributed by atoms with Gasteiger partial charge in [0.1, 0.15) is 24.2 Å². The highest BCUT2D eigenvalue weighted by Gasteiger charge is 2.21. The molecule has 2 rings (SSSR count). The van der Waals surface area contributed by atoms with E-state index in [0.29, 0.717) is 19.8 Å². The van der Waals surface area contributed by atoms with Gasteiger partial charge in [-0.05, 0) is 12.1 Å². The highest BCUT2D eigenvalue weighted by Crippen LogP contribution is 2.34. The molecular weight excluding hydrogens is 208 g/mol. The minimum absolute atomic E-state index is 0.336. The number of rotatable bonds is 5. The van der Waals surface area contributed by atoms with E-state index in [-0.39, 0.29) is 0 Å². The lowest BCUT2D eigenvalue weighted by molar-refractivity contribution is 0.140. The summed E-state index contributed by atoms with van der Waals surface area (Å²) in [6, 6.07) is 5.51. The van der Waals surface area contributed by atoms with Gasteiger partial charge in [-0.2, -0.15) is 0 Å². The number of benzene rings is 1. The molecule has 0 fully saturated rings. The normalized spacial score (nSPS) is 18.0. The molecule has 88 valence electrons. The highest BCUT2D eigenvalue weighted by atomic mass is 16.5. The molecule has 1 aliphatic heterocycles. The summed E-state index contributed by atoms with van der Waals surface area (Å²) in [7, 11) is 1.67. The predicted octanol–water partition coefficient (Wildman–Crippen LogP) is 1.53. The maximum atomic E-state index is 9.54. The smallest absolute Gasteiger partial charge is 0.129 e. The summed E-state index contributed by atoms with van der Waals surface area (Å²) in [6.45, 7) is 1.65. The first-order valence-corrected chi connectivity index (χ1v) is 5.38. The minimum Gasteiger partial charge on any atom is -0.493 e. The van der Waals surface area contributed by atoms with Crippen LogP contribution in [0.25, 0.3) is 0 Å². The van der Waals surface area contributed by atoms with Crippen molar-refractivity contribution in [3.05, 3.63) is 23.8 Å². The molecule has 0 saturated carbocycles. The molecule has 0 radical (unpaired) electrons. The molecule has 1 N–H and O–H groups in total. The van der Waals surface area contributed by atoms with Gasteiger partial charge in [0.15, 0.2) is 0 Å². The maximum Gasteiger partial charge on any atom is 0.129 e. The second-order valence-electron chi connectivity index (χ2n) is 3.72. The zero-order valence-corrected chi connectivity index (χ0v) is 9.31. The second kappa shape index (κ2) is 5.18. The lowest BCUT2D eigenvalue weighted by atomic mass is 10.1. The number of aliphatic hydroxyl groups excluding tert-OH is 1. The van der Waals surface area contributed by atoms with Crippen LogP contribution in [-0.4, -0.2) is 32.0 Å². The number of hydrogen-bond acceptors (Lipinski definition) is 4. The van der Waals surface area contributed by atoms with Crippen LogP contribution in [0.15, 0.2) is 18.2 Å². The Bertz CT molecular complexity index is 351. The number of fused-ring (bicyclic) bond motifs is 1. The zero-order valence-electron chi connectivity index (χ0n) is 9.31. The van der Waals surface area contributed by atoms with Crippen LogP contribution >= 0.6 is 0 Å². The van der Waals surface area contributed by atoms with Crippen molar-refractivity contribution in [1.82, 2.24) is 0 Å². The van der Waals surface area contributed by atoms with Gasteiger partial charge in [-0.15, -0.1) is 0 Å². The van der Waals surface area contributed by atoms with Crippen molar-refractivity contribution < 1.29 is 19.3 Å². The lowest BCUT2D eigenvalue weighted by Gasteiger charge is -2.07. The van der Waals surface area contributed by atoms with E-state index in [2.05, 4.69) is 0 Å². The van der Waals surface area contributed by atoms with Gasteiger partial charge in [-0.25, -0.2) is 0 Å². The van der Waals surface area contributed by atoms with E-state index in [4.69, 9.17) is 14.2 Å². The molecular formula is C12H16O4. The van der Waals surface area contributed by atoms with Crippen molar-refractivity contribution in [2.45, 2.75) is 12.5 Å². The van der Waals surface area contributed by atoms with Crippen molar-refractivity contribution in [2.24, 2.45) is 0 Å². The summed E-state index contributed by atoms with van der Waals surface area (Å²) in [4.78, 5) is 0. The molecule has 4 heteroatoms. The Balaban J connectivity index is 1.92. The Morgan fingerprint density at radius 1 is 1.44 bits per heavy atom. The largest absolute Gasteiger partial charge is 0.493 e. The average molecular weight is 224 g/mol. The van der Waals surface area contributed by atoms with Crippen LogP contribution in [0.3, 0.4) is 0 Å². The zero-order chi connectivity index (χ0) is 11.4. The van der Waals surface area contributed by atoms with Crippen molar-refractivity contribution in [3.8, 4) is 11.5 Å². The van der Waals surface area contributed by atoms with Crippen LogP contribution in [-0.2, 0) is 4.74 Å². The van der Waals surface area contributed by atoms with E-state index in [1.54, 1.807) is 7.11 Å². The fourth-order valence-electron chi connectivity index (χ4n) is 1.66. The number of methoxy groups -OCH3 is 1. The molecule has 16 heavy (non-hydrogen) atoms. The van der Waals surface area contributed by atoms with E-state index in [1.165, 1.54) is 0 Å². The third-order valence-corrected chi connectivity index (χ3v) is 2.50. The van der Waals surface area contributed by atoms with E-state index in [1.807, 2.05) is 18.2 Å². The van der Waals surface area contributed by atoms with Gasteiger partial charge < -0.3 is 19.3 Å². The molecule has 0 bridgehead atoms. The van der Waals surface area contributed by atoms with E-state index in [0.717, 1.165) is 23.5 Å². The average Bonchev–Trinajstić information content (AvgIpc) is 2.66. The van der Waals surface area contributed by atoms with E-state index < -0.39 is 6.10 Å². The summed E-state index contributed by atoms with van der Waals surface area (Å²) >= 11 is 0. The van der Waals surface area contributed by atoms with Gasteiger partial charge in [0.05, 0.1) is 6.61 Å². The molecule has 1 aromatic carbocycles. The molecule has 1 aliphatic rings. The molecule has 1 heterocycles. The van der Waals surface area contributed by atoms with Crippen molar-refractivity contribution in [1.29, 1.82) is 0 Å². The third kappa shape index (κ3) is 2.46. The summed E-state index contributed by atoms with van der Waals surface area (Å²) < 4.78 is 15.8. The molecule has 0 aliphatic carbocycles. The number of ether oxygens (including phenoxy) is 3. The van der Waals surface area contributed by atoms with Crippen LogP contribution in [0.5, 0.6) is 11.5 Å².